The molecule has 7 heteroatoms. The summed E-state index contributed by atoms with van der Waals surface area (Å²) in [4.78, 5) is 25.0. The highest BCUT2D eigenvalue weighted by molar-refractivity contribution is 7.16. The molecule has 1 aromatic heterocycles. The lowest BCUT2D eigenvalue weighted by atomic mass is 10.2. The van der Waals surface area contributed by atoms with Gasteiger partial charge in [-0.1, -0.05) is 6.92 Å². The van der Waals surface area contributed by atoms with Crippen molar-refractivity contribution in [2.24, 2.45) is 0 Å². The van der Waals surface area contributed by atoms with Crippen molar-refractivity contribution < 1.29 is 23.1 Å². The van der Waals surface area contributed by atoms with Crippen molar-refractivity contribution >= 4 is 28.2 Å². The van der Waals surface area contributed by atoms with Gasteiger partial charge < -0.3 is 10.1 Å². The lowest BCUT2D eigenvalue weighted by molar-refractivity contribution is 0.0528. The summed E-state index contributed by atoms with van der Waals surface area (Å²) in [6, 6.07) is 4.24. The molecule has 0 fully saturated rings. The van der Waals surface area contributed by atoms with Crippen LogP contribution < -0.4 is 5.32 Å². The molecule has 4 nitrogen and oxygen atoms in total. The van der Waals surface area contributed by atoms with E-state index in [4.69, 9.17) is 4.74 Å². The van der Waals surface area contributed by atoms with Crippen LogP contribution in [0.1, 0.15) is 39.4 Å². The molecule has 0 aliphatic heterocycles. The Morgan fingerprint density at radius 2 is 1.91 bits per heavy atom. The van der Waals surface area contributed by atoms with Crippen molar-refractivity contribution in [3.05, 3.63) is 51.9 Å². The number of carbonyl (C=O) groups excluding carboxylic acids is 2. The van der Waals surface area contributed by atoms with Gasteiger partial charge in [0.1, 0.15) is 16.6 Å². The Morgan fingerprint density at radius 3 is 2.57 bits per heavy atom. The van der Waals surface area contributed by atoms with E-state index in [1.54, 1.807) is 13.0 Å². The van der Waals surface area contributed by atoms with Gasteiger partial charge in [0.15, 0.2) is 0 Å². The van der Waals surface area contributed by atoms with E-state index >= 15 is 0 Å². The molecule has 0 spiro atoms. The van der Waals surface area contributed by atoms with Crippen LogP contribution in [0.3, 0.4) is 0 Å². The topological polar surface area (TPSA) is 55.4 Å². The molecule has 1 N–H and O–H groups in total. The molecule has 0 bridgehead atoms. The predicted octanol–water partition coefficient (Wildman–Crippen LogP) is 4.02. The van der Waals surface area contributed by atoms with Gasteiger partial charge in [-0.05, 0) is 37.6 Å². The largest absolute Gasteiger partial charge is 0.462 e. The highest BCUT2D eigenvalue weighted by Gasteiger charge is 2.20. The monoisotopic (exact) mass is 339 g/mol. The molecule has 23 heavy (non-hydrogen) atoms. The van der Waals surface area contributed by atoms with Gasteiger partial charge >= 0.3 is 5.97 Å². The molecule has 1 aromatic carbocycles. The van der Waals surface area contributed by atoms with Crippen molar-refractivity contribution in [1.29, 1.82) is 0 Å². The minimum absolute atomic E-state index is 0.196. The van der Waals surface area contributed by atoms with Gasteiger partial charge in [0.05, 0.1) is 17.7 Å². The van der Waals surface area contributed by atoms with Crippen LogP contribution in [0.25, 0.3) is 0 Å². The second kappa shape index (κ2) is 7.32. The summed E-state index contributed by atoms with van der Waals surface area (Å²) in [5, 5.41) is 2.72. The zero-order valence-corrected chi connectivity index (χ0v) is 13.4. The minimum atomic E-state index is -0.839. The molecule has 0 aliphatic rings. The number of halogens is 2. The zero-order valence-electron chi connectivity index (χ0n) is 12.6. The smallest absolute Gasteiger partial charge is 0.341 e. The Morgan fingerprint density at radius 1 is 1.17 bits per heavy atom. The van der Waals surface area contributed by atoms with Crippen molar-refractivity contribution in [2.75, 3.05) is 11.9 Å². The molecule has 122 valence electrons. The van der Waals surface area contributed by atoms with Crippen LogP contribution >= 0.6 is 11.3 Å². The number of benzene rings is 1. The number of carbonyl (C=O) groups is 2. The summed E-state index contributed by atoms with van der Waals surface area (Å²) in [7, 11) is 0. The third-order valence-electron chi connectivity index (χ3n) is 3.03. The standard InChI is InChI=1S/C16H15F2NO3S/c1-3-10-8-12(16(21)22-4-2)15(23-10)19-14(20)11-7-9(17)5-6-13(11)18/h5-8H,3-4H2,1-2H3,(H,19,20). The summed E-state index contributed by atoms with van der Waals surface area (Å²) in [5.74, 6) is -2.95. The molecule has 2 aromatic rings. The second-order valence-corrected chi connectivity index (χ2v) is 5.74. The van der Waals surface area contributed by atoms with Crippen molar-refractivity contribution in [2.45, 2.75) is 20.3 Å². The average molecular weight is 339 g/mol. The van der Waals surface area contributed by atoms with Gasteiger partial charge in [0.2, 0.25) is 0 Å². The number of rotatable bonds is 5. The molecule has 0 unspecified atom stereocenters. The van der Waals surface area contributed by atoms with E-state index in [2.05, 4.69) is 5.32 Å². The maximum atomic E-state index is 13.7. The fourth-order valence-electron chi connectivity index (χ4n) is 1.91. The molecule has 0 saturated heterocycles. The highest BCUT2D eigenvalue weighted by atomic mass is 32.1. The number of ether oxygens (including phenoxy) is 1. The maximum absolute atomic E-state index is 13.7. The number of amides is 1. The number of anilines is 1. The number of hydrogen-bond acceptors (Lipinski definition) is 4. The fraction of sp³-hybridized carbons (Fsp3) is 0.250. The van der Waals surface area contributed by atoms with Gasteiger partial charge in [-0.15, -0.1) is 11.3 Å². The first-order valence-corrected chi connectivity index (χ1v) is 7.84. The number of esters is 1. The third-order valence-corrected chi connectivity index (χ3v) is 4.22. The molecule has 0 atom stereocenters. The van der Waals surface area contributed by atoms with E-state index in [0.717, 1.165) is 23.1 Å². The first kappa shape index (κ1) is 17.1. The van der Waals surface area contributed by atoms with Crippen LogP contribution in [0.4, 0.5) is 13.8 Å². The van der Waals surface area contributed by atoms with Crippen LogP contribution in [0.15, 0.2) is 24.3 Å². The third kappa shape index (κ3) is 3.92. The average Bonchev–Trinajstić information content (AvgIpc) is 2.93. The number of hydrogen-bond donors (Lipinski definition) is 1. The summed E-state index contributed by atoms with van der Waals surface area (Å²) in [6.45, 7) is 3.77. The minimum Gasteiger partial charge on any atom is -0.462 e. The molecule has 1 heterocycles. The van der Waals surface area contributed by atoms with E-state index in [0.29, 0.717) is 6.42 Å². The summed E-state index contributed by atoms with van der Waals surface area (Å²) in [5.41, 5.74) is -0.217. The molecule has 0 saturated carbocycles. The summed E-state index contributed by atoms with van der Waals surface area (Å²) >= 11 is 1.20. The fourth-order valence-corrected chi connectivity index (χ4v) is 2.89. The van der Waals surface area contributed by atoms with Gasteiger partial charge in [0.25, 0.3) is 5.91 Å². The van der Waals surface area contributed by atoms with E-state index in [1.807, 2.05) is 6.92 Å². The van der Waals surface area contributed by atoms with Crippen molar-refractivity contribution in [1.82, 2.24) is 0 Å². The Kier molecular flexibility index (Phi) is 5.44. The van der Waals surface area contributed by atoms with Crippen LogP contribution in [-0.2, 0) is 11.2 Å². The Hall–Kier alpha value is -2.28. The molecular formula is C16H15F2NO3S. The number of thiophene rings is 1. The van der Waals surface area contributed by atoms with Crippen LogP contribution in [0.2, 0.25) is 0 Å². The van der Waals surface area contributed by atoms with Crippen molar-refractivity contribution in [3.63, 3.8) is 0 Å². The highest BCUT2D eigenvalue weighted by Crippen LogP contribution is 2.30. The normalized spacial score (nSPS) is 10.4. The summed E-state index contributed by atoms with van der Waals surface area (Å²) in [6.07, 6.45) is 0.668. The van der Waals surface area contributed by atoms with E-state index in [1.165, 1.54) is 11.3 Å². The molecule has 0 radical (unpaired) electrons. The lowest BCUT2D eigenvalue weighted by Gasteiger charge is -2.07. The lowest BCUT2D eigenvalue weighted by Crippen LogP contribution is -2.15. The van der Waals surface area contributed by atoms with Gasteiger partial charge in [0, 0.05) is 4.88 Å². The Bertz CT molecular complexity index is 743. The first-order chi connectivity index (χ1) is 11.0. The number of nitrogens with one attached hydrogen (secondary N) is 1. The van der Waals surface area contributed by atoms with Crippen LogP contribution in [0, 0.1) is 11.6 Å². The molecule has 1 amide bonds. The SMILES string of the molecule is CCOC(=O)c1cc(CC)sc1NC(=O)c1cc(F)ccc1F. The van der Waals surface area contributed by atoms with E-state index < -0.39 is 29.1 Å². The molecule has 2 rings (SSSR count). The predicted molar refractivity (Wildman–Crippen MR) is 84.0 cm³/mol. The maximum Gasteiger partial charge on any atom is 0.341 e. The van der Waals surface area contributed by atoms with Crippen LogP contribution in [0.5, 0.6) is 0 Å². The van der Waals surface area contributed by atoms with E-state index in [9.17, 15) is 18.4 Å². The first-order valence-electron chi connectivity index (χ1n) is 7.02. The quantitative estimate of drug-likeness (QED) is 0.837. The Labute approximate surface area is 136 Å². The Balaban J connectivity index is 2.31. The van der Waals surface area contributed by atoms with Gasteiger partial charge in [-0.3, -0.25) is 4.79 Å². The van der Waals surface area contributed by atoms with Crippen LogP contribution in [-0.4, -0.2) is 18.5 Å². The molecular weight excluding hydrogens is 324 g/mol. The van der Waals surface area contributed by atoms with Crippen molar-refractivity contribution in [3.8, 4) is 0 Å². The second-order valence-electron chi connectivity index (χ2n) is 4.61. The van der Waals surface area contributed by atoms with Gasteiger partial charge in [-0.25, -0.2) is 13.6 Å². The summed E-state index contributed by atoms with van der Waals surface area (Å²) < 4.78 is 31.8. The number of aryl methyl sites for hydroxylation is 1. The van der Waals surface area contributed by atoms with Gasteiger partial charge in [-0.2, -0.15) is 0 Å². The zero-order chi connectivity index (χ0) is 17.0. The van der Waals surface area contributed by atoms with E-state index in [-0.39, 0.29) is 17.2 Å². The molecule has 0 aliphatic carbocycles.